The maximum Gasteiger partial charge on any atom is 0.208 e. The van der Waals surface area contributed by atoms with E-state index in [1.807, 2.05) is 37.4 Å². The van der Waals surface area contributed by atoms with Crippen LogP contribution in [0.25, 0.3) is 10.6 Å². The highest BCUT2D eigenvalue weighted by Gasteiger charge is 2.06. The Morgan fingerprint density at radius 2 is 1.73 bits per heavy atom. The summed E-state index contributed by atoms with van der Waals surface area (Å²) >= 11 is 19.3. The highest BCUT2D eigenvalue weighted by atomic mass is 35.5. The molecule has 2 aromatic carbocycles. The molecule has 0 atom stereocenters. The van der Waals surface area contributed by atoms with Gasteiger partial charge in [-0.15, -0.1) is 0 Å². The Labute approximate surface area is 146 Å². The Balaban J connectivity index is 2.03. The SMILES string of the molecule is Cn1nc(-c2ccc(Cl)cc2)s/c1=N/c1ccc(Cl)c(Cl)c1. The van der Waals surface area contributed by atoms with E-state index in [0.29, 0.717) is 15.1 Å². The molecule has 0 aliphatic rings. The number of halogens is 3. The normalized spacial score (nSPS) is 11.9. The number of benzene rings is 2. The molecule has 0 saturated heterocycles. The molecule has 3 rings (SSSR count). The summed E-state index contributed by atoms with van der Waals surface area (Å²) in [7, 11) is 1.85. The zero-order chi connectivity index (χ0) is 15.7. The van der Waals surface area contributed by atoms with Crippen LogP contribution in [0.3, 0.4) is 0 Å². The number of hydrogen-bond donors (Lipinski definition) is 0. The van der Waals surface area contributed by atoms with Crippen LogP contribution in [0.4, 0.5) is 5.69 Å². The van der Waals surface area contributed by atoms with Crippen molar-refractivity contribution in [2.75, 3.05) is 0 Å². The molecular formula is C15H10Cl3N3S. The molecule has 22 heavy (non-hydrogen) atoms. The minimum atomic E-state index is 0.480. The van der Waals surface area contributed by atoms with Crippen molar-refractivity contribution in [3.05, 3.63) is 62.3 Å². The van der Waals surface area contributed by atoms with E-state index >= 15 is 0 Å². The van der Waals surface area contributed by atoms with Gasteiger partial charge in [-0.1, -0.05) is 58.3 Å². The van der Waals surface area contributed by atoms with Crippen molar-refractivity contribution < 1.29 is 0 Å². The Kier molecular flexibility index (Phi) is 4.54. The van der Waals surface area contributed by atoms with Crippen molar-refractivity contribution in [1.82, 2.24) is 9.78 Å². The lowest BCUT2D eigenvalue weighted by Gasteiger charge is -1.96. The van der Waals surface area contributed by atoms with E-state index < -0.39 is 0 Å². The van der Waals surface area contributed by atoms with E-state index in [-0.39, 0.29) is 0 Å². The summed E-state index contributed by atoms with van der Waals surface area (Å²) in [5.41, 5.74) is 1.73. The van der Waals surface area contributed by atoms with E-state index in [2.05, 4.69) is 10.1 Å². The first kappa shape index (κ1) is 15.6. The van der Waals surface area contributed by atoms with Gasteiger partial charge in [0.05, 0.1) is 15.7 Å². The fourth-order valence-corrected chi connectivity index (χ4v) is 3.15. The van der Waals surface area contributed by atoms with Crippen LogP contribution in [0.5, 0.6) is 0 Å². The molecule has 0 bridgehead atoms. The summed E-state index contributed by atoms with van der Waals surface area (Å²) in [6, 6.07) is 12.8. The van der Waals surface area contributed by atoms with Crippen molar-refractivity contribution >= 4 is 51.8 Å². The van der Waals surface area contributed by atoms with Crippen LogP contribution in [0.1, 0.15) is 0 Å². The molecule has 1 aromatic heterocycles. The first-order valence-electron chi connectivity index (χ1n) is 6.33. The van der Waals surface area contributed by atoms with Crippen LogP contribution in [-0.2, 0) is 7.05 Å². The summed E-state index contributed by atoms with van der Waals surface area (Å²) in [4.78, 5) is 5.32. The summed E-state index contributed by atoms with van der Waals surface area (Å²) in [5.74, 6) is 0. The first-order chi connectivity index (χ1) is 10.5. The largest absolute Gasteiger partial charge is 0.241 e. The van der Waals surface area contributed by atoms with Crippen LogP contribution in [0.15, 0.2) is 47.5 Å². The Hall–Kier alpha value is -1.33. The van der Waals surface area contributed by atoms with Crippen LogP contribution in [0.2, 0.25) is 15.1 Å². The lowest BCUT2D eigenvalue weighted by Crippen LogP contribution is -2.10. The van der Waals surface area contributed by atoms with Gasteiger partial charge in [-0.05, 0) is 30.3 Å². The van der Waals surface area contributed by atoms with E-state index in [0.717, 1.165) is 21.1 Å². The predicted octanol–water partition coefficient (Wildman–Crippen LogP) is 5.34. The van der Waals surface area contributed by atoms with Gasteiger partial charge in [0.15, 0.2) is 0 Å². The maximum atomic E-state index is 6.01. The molecule has 0 radical (unpaired) electrons. The van der Waals surface area contributed by atoms with Gasteiger partial charge in [-0.2, -0.15) is 5.10 Å². The molecule has 0 amide bonds. The molecular weight excluding hydrogens is 361 g/mol. The van der Waals surface area contributed by atoms with Crippen LogP contribution >= 0.6 is 46.1 Å². The average molecular weight is 371 g/mol. The van der Waals surface area contributed by atoms with Gasteiger partial charge < -0.3 is 0 Å². The lowest BCUT2D eigenvalue weighted by molar-refractivity contribution is 0.732. The molecule has 3 nitrogen and oxygen atoms in total. The van der Waals surface area contributed by atoms with E-state index in [1.54, 1.807) is 16.8 Å². The highest BCUT2D eigenvalue weighted by Crippen LogP contribution is 2.27. The molecule has 0 unspecified atom stereocenters. The minimum absolute atomic E-state index is 0.480. The van der Waals surface area contributed by atoms with Crippen LogP contribution in [-0.4, -0.2) is 9.78 Å². The second kappa shape index (κ2) is 6.42. The Morgan fingerprint density at radius 3 is 2.41 bits per heavy atom. The third-order valence-electron chi connectivity index (χ3n) is 2.92. The number of aromatic nitrogens is 2. The summed E-state index contributed by atoms with van der Waals surface area (Å²) in [6.07, 6.45) is 0. The molecule has 1 heterocycles. The average Bonchev–Trinajstić information content (AvgIpc) is 2.85. The van der Waals surface area contributed by atoms with Gasteiger partial charge in [0.1, 0.15) is 5.01 Å². The molecule has 0 fully saturated rings. The van der Waals surface area contributed by atoms with Crippen molar-refractivity contribution in [2.45, 2.75) is 0 Å². The Bertz CT molecular complexity index is 882. The van der Waals surface area contributed by atoms with Crippen molar-refractivity contribution in [1.29, 1.82) is 0 Å². The molecule has 0 N–H and O–H groups in total. The van der Waals surface area contributed by atoms with Gasteiger partial charge in [-0.25, -0.2) is 9.67 Å². The number of aryl methyl sites for hydroxylation is 1. The first-order valence-corrected chi connectivity index (χ1v) is 8.28. The number of hydrogen-bond acceptors (Lipinski definition) is 3. The van der Waals surface area contributed by atoms with E-state index in [4.69, 9.17) is 34.8 Å². The van der Waals surface area contributed by atoms with E-state index in [9.17, 15) is 0 Å². The van der Waals surface area contributed by atoms with Gasteiger partial charge in [0.2, 0.25) is 4.80 Å². The molecule has 0 spiro atoms. The monoisotopic (exact) mass is 369 g/mol. The van der Waals surface area contributed by atoms with Gasteiger partial charge in [0, 0.05) is 17.6 Å². The third kappa shape index (κ3) is 3.36. The lowest BCUT2D eigenvalue weighted by atomic mass is 10.2. The smallest absolute Gasteiger partial charge is 0.208 e. The second-order valence-electron chi connectivity index (χ2n) is 4.53. The van der Waals surface area contributed by atoms with Crippen LogP contribution in [0, 0.1) is 0 Å². The molecule has 0 aliphatic heterocycles. The fraction of sp³-hybridized carbons (Fsp3) is 0.0667. The molecule has 0 aliphatic carbocycles. The third-order valence-corrected chi connectivity index (χ3v) is 4.96. The van der Waals surface area contributed by atoms with Gasteiger partial charge in [0.25, 0.3) is 0 Å². The van der Waals surface area contributed by atoms with Crippen LogP contribution < -0.4 is 4.80 Å². The van der Waals surface area contributed by atoms with Crippen molar-refractivity contribution in [2.24, 2.45) is 12.0 Å². The predicted molar refractivity (Wildman–Crippen MR) is 93.2 cm³/mol. The van der Waals surface area contributed by atoms with Gasteiger partial charge in [-0.3, -0.25) is 0 Å². The Morgan fingerprint density at radius 1 is 1.00 bits per heavy atom. The number of rotatable bonds is 2. The maximum absolute atomic E-state index is 6.01. The molecule has 3 aromatic rings. The van der Waals surface area contributed by atoms with Crippen molar-refractivity contribution in [3.63, 3.8) is 0 Å². The zero-order valence-corrected chi connectivity index (χ0v) is 14.5. The number of nitrogens with zero attached hydrogens (tertiary/aromatic N) is 3. The summed E-state index contributed by atoms with van der Waals surface area (Å²) in [5, 5.41) is 7.05. The summed E-state index contributed by atoms with van der Waals surface area (Å²) < 4.78 is 1.73. The fourth-order valence-electron chi connectivity index (χ4n) is 1.82. The van der Waals surface area contributed by atoms with Crippen molar-refractivity contribution in [3.8, 4) is 10.6 Å². The second-order valence-corrected chi connectivity index (χ2v) is 6.74. The summed E-state index contributed by atoms with van der Waals surface area (Å²) in [6.45, 7) is 0. The topological polar surface area (TPSA) is 30.2 Å². The highest BCUT2D eigenvalue weighted by molar-refractivity contribution is 7.12. The quantitative estimate of drug-likeness (QED) is 0.598. The molecule has 0 saturated carbocycles. The van der Waals surface area contributed by atoms with Gasteiger partial charge >= 0.3 is 0 Å². The molecule has 7 heteroatoms. The standard InChI is InChI=1S/C15H10Cl3N3S/c1-21-15(19-11-6-7-12(17)13(18)8-11)22-14(20-21)9-2-4-10(16)5-3-9/h2-8H,1H3/b19-15+. The van der Waals surface area contributed by atoms with E-state index in [1.165, 1.54) is 11.3 Å². The molecule has 112 valence electrons. The zero-order valence-electron chi connectivity index (χ0n) is 11.4. The minimum Gasteiger partial charge on any atom is -0.241 e.